The summed E-state index contributed by atoms with van der Waals surface area (Å²) in [6.45, 7) is 9.84. The number of fused-ring (bicyclic) bond motifs is 1. The standard InChI is InChI=1S/C23H28O2S/c1-6-16-7-9-17(10-8-16)20-13-18-11-12-19(14-21(18)26-20)25-23(4,5)15-22(2,3)24/h7-14,24H,6,15H2,1-5H3. The van der Waals surface area contributed by atoms with E-state index < -0.39 is 11.2 Å². The molecular weight excluding hydrogens is 340 g/mol. The first-order chi connectivity index (χ1) is 12.1. The molecular formula is C23H28O2S. The smallest absolute Gasteiger partial charge is 0.121 e. The Morgan fingerprint density at radius 1 is 0.962 bits per heavy atom. The lowest BCUT2D eigenvalue weighted by Crippen LogP contribution is -2.37. The van der Waals surface area contributed by atoms with Crippen LogP contribution in [-0.2, 0) is 6.42 Å². The molecule has 0 fully saturated rings. The second kappa shape index (κ2) is 7.05. The molecule has 2 aromatic carbocycles. The second-order valence-corrected chi connectivity index (χ2v) is 9.30. The van der Waals surface area contributed by atoms with Crippen LogP contribution in [0.15, 0.2) is 48.5 Å². The molecule has 0 saturated carbocycles. The SMILES string of the molecule is CCc1ccc(-c2cc3ccc(OC(C)(C)CC(C)(C)O)cc3s2)cc1. The van der Waals surface area contributed by atoms with Gasteiger partial charge in [-0.3, -0.25) is 0 Å². The van der Waals surface area contributed by atoms with E-state index in [2.05, 4.69) is 49.4 Å². The number of thiophene rings is 1. The summed E-state index contributed by atoms with van der Waals surface area (Å²) in [5, 5.41) is 11.3. The molecule has 3 aromatic rings. The lowest BCUT2D eigenvalue weighted by atomic mass is 9.92. The molecule has 0 unspecified atom stereocenters. The van der Waals surface area contributed by atoms with Crippen LogP contribution >= 0.6 is 11.3 Å². The molecule has 0 amide bonds. The van der Waals surface area contributed by atoms with Gasteiger partial charge in [0.1, 0.15) is 11.4 Å². The Bertz CT molecular complexity index is 883. The molecule has 2 nitrogen and oxygen atoms in total. The van der Waals surface area contributed by atoms with Gasteiger partial charge < -0.3 is 9.84 Å². The van der Waals surface area contributed by atoms with Crippen molar-refractivity contribution in [3.05, 3.63) is 54.1 Å². The van der Waals surface area contributed by atoms with Gasteiger partial charge >= 0.3 is 0 Å². The summed E-state index contributed by atoms with van der Waals surface area (Å²) in [6.07, 6.45) is 1.63. The van der Waals surface area contributed by atoms with Crippen molar-refractivity contribution in [2.24, 2.45) is 0 Å². The summed E-state index contributed by atoms with van der Waals surface area (Å²) in [5.41, 5.74) is 1.43. The van der Waals surface area contributed by atoms with Crippen molar-refractivity contribution >= 4 is 21.4 Å². The van der Waals surface area contributed by atoms with Crippen LogP contribution in [0.4, 0.5) is 0 Å². The van der Waals surface area contributed by atoms with Crippen LogP contribution in [0.5, 0.6) is 5.75 Å². The highest BCUT2D eigenvalue weighted by molar-refractivity contribution is 7.22. The fourth-order valence-electron chi connectivity index (χ4n) is 3.52. The maximum atomic E-state index is 10.1. The molecule has 0 spiro atoms. The predicted octanol–water partition coefficient (Wildman–Crippen LogP) is 6.45. The number of ether oxygens (including phenoxy) is 1. The molecule has 0 aliphatic heterocycles. The van der Waals surface area contributed by atoms with Gasteiger partial charge in [-0.25, -0.2) is 0 Å². The van der Waals surface area contributed by atoms with Crippen LogP contribution in [-0.4, -0.2) is 16.3 Å². The monoisotopic (exact) mass is 368 g/mol. The first kappa shape index (κ1) is 18.9. The molecule has 138 valence electrons. The topological polar surface area (TPSA) is 29.5 Å². The molecule has 1 N–H and O–H groups in total. The second-order valence-electron chi connectivity index (χ2n) is 8.21. The largest absolute Gasteiger partial charge is 0.488 e. The normalized spacial score (nSPS) is 12.5. The Labute approximate surface area is 160 Å². The Kier molecular flexibility index (Phi) is 5.14. The molecule has 3 rings (SSSR count). The van der Waals surface area contributed by atoms with Gasteiger partial charge in [-0.1, -0.05) is 31.2 Å². The molecule has 0 aliphatic carbocycles. The summed E-state index contributed by atoms with van der Waals surface area (Å²) in [4.78, 5) is 1.27. The summed E-state index contributed by atoms with van der Waals surface area (Å²) < 4.78 is 7.40. The fraction of sp³-hybridized carbons (Fsp3) is 0.391. The summed E-state index contributed by atoms with van der Waals surface area (Å²) in [7, 11) is 0. The third kappa shape index (κ3) is 4.66. The van der Waals surface area contributed by atoms with Crippen LogP contribution < -0.4 is 4.74 Å². The van der Waals surface area contributed by atoms with E-state index in [1.165, 1.54) is 26.1 Å². The number of hydrogen-bond acceptors (Lipinski definition) is 3. The lowest BCUT2D eigenvalue weighted by Gasteiger charge is -2.32. The third-order valence-electron chi connectivity index (χ3n) is 4.39. The minimum absolute atomic E-state index is 0.429. The van der Waals surface area contributed by atoms with E-state index in [0.717, 1.165) is 12.2 Å². The highest BCUT2D eigenvalue weighted by atomic mass is 32.1. The van der Waals surface area contributed by atoms with Crippen molar-refractivity contribution in [1.29, 1.82) is 0 Å². The van der Waals surface area contributed by atoms with Crippen molar-refractivity contribution in [3.63, 3.8) is 0 Å². The van der Waals surface area contributed by atoms with E-state index in [4.69, 9.17) is 4.74 Å². The molecule has 0 atom stereocenters. The van der Waals surface area contributed by atoms with Gasteiger partial charge in [-0.2, -0.15) is 0 Å². The van der Waals surface area contributed by atoms with Crippen molar-refractivity contribution in [3.8, 4) is 16.2 Å². The van der Waals surface area contributed by atoms with E-state index in [1.807, 2.05) is 33.8 Å². The van der Waals surface area contributed by atoms with E-state index in [9.17, 15) is 5.11 Å². The van der Waals surface area contributed by atoms with Crippen LogP contribution in [0.25, 0.3) is 20.5 Å². The minimum atomic E-state index is -0.756. The van der Waals surface area contributed by atoms with Crippen molar-refractivity contribution in [1.82, 2.24) is 0 Å². The van der Waals surface area contributed by atoms with Crippen LogP contribution in [0.1, 0.15) is 46.6 Å². The van der Waals surface area contributed by atoms with E-state index in [0.29, 0.717) is 6.42 Å². The molecule has 3 heteroatoms. The van der Waals surface area contributed by atoms with Crippen LogP contribution in [0, 0.1) is 0 Å². The number of aryl methyl sites for hydroxylation is 1. The Morgan fingerprint density at radius 2 is 1.65 bits per heavy atom. The average Bonchev–Trinajstić information content (AvgIpc) is 2.95. The molecule has 0 radical (unpaired) electrons. The number of aliphatic hydroxyl groups is 1. The first-order valence-electron chi connectivity index (χ1n) is 9.19. The average molecular weight is 369 g/mol. The number of benzene rings is 2. The Balaban J connectivity index is 1.85. The highest BCUT2D eigenvalue weighted by Crippen LogP contribution is 2.36. The zero-order chi connectivity index (χ0) is 18.9. The van der Waals surface area contributed by atoms with Crippen molar-refractivity contribution in [2.75, 3.05) is 0 Å². The van der Waals surface area contributed by atoms with Gasteiger partial charge in [0.25, 0.3) is 0 Å². The minimum Gasteiger partial charge on any atom is -0.488 e. The van der Waals surface area contributed by atoms with Crippen molar-refractivity contribution < 1.29 is 9.84 Å². The maximum Gasteiger partial charge on any atom is 0.121 e. The van der Waals surface area contributed by atoms with E-state index in [1.54, 1.807) is 11.3 Å². The molecule has 1 aromatic heterocycles. The van der Waals surface area contributed by atoms with Gasteiger partial charge in [0.15, 0.2) is 0 Å². The number of rotatable bonds is 6. The predicted molar refractivity (Wildman–Crippen MR) is 112 cm³/mol. The van der Waals surface area contributed by atoms with E-state index in [-0.39, 0.29) is 0 Å². The van der Waals surface area contributed by atoms with Gasteiger partial charge in [-0.05, 0) is 74.9 Å². The Morgan fingerprint density at radius 3 is 2.27 bits per heavy atom. The van der Waals surface area contributed by atoms with E-state index >= 15 is 0 Å². The maximum absolute atomic E-state index is 10.1. The fourth-order valence-corrected chi connectivity index (χ4v) is 4.62. The first-order valence-corrected chi connectivity index (χ1v) is 10.0. The van der Waals surface area contributed by atoms with Crippen LogP contribution in [0.2, 0.25) is 0 Å². The zero-order valence-corrected chi connectivity index (χ0v) is 17.1. The van der Waals surface area contributed by atoms with Gasteiger partial charge in [0.05, 0.1) is 5.60 Å². The molecule has 0 saturated heterocycles. The zero-order valence-electron chi connectivity index (χ0n) is 16.3. The van der Waals surface area contributed by atoms with Gasteiger partial charge in [0, 0.05) is 16.0 Å². The molecule has 0 bridgehead atoms. The van der Waals surface area contributed by atoms with Gasteiger partial charge in [0.2, 0.25) is 0 Å². The van der Waals surface area contributed by atoms with Crippen LogP contribution in [0.3, 0.4) is 0 Å². The quantitative estimate of drug-likeness (QED) is 0.542. The van der Waals surface area contributed by atoms with Gasteiger partial charge in [-0.15, -0.1) is 11.3 Å². The summed E-state index contributed by atoms with van der Waals surface area (Å²) >= 11 is 1.79. The lowest BCUT2D eigenvalue weighted by molar-refractivity contribution is -0.0105. The highest BCUT2D eigenvalue weighted by Gasteiger charge is 2.28. The Hall–Kier alpha value is -1.84. The number of hydrogen-bond donors (Lipinski definition) is 1. The molecule has 26 heavy (non-hydrogen) atoms. The third-order valence-corrected chi connectivity index (χ3v) is 5.54. The summed E-state index contributed by atoms with van der Waals surface area (Å²) in [5.74, 6) is 0.849. The molecule has 0 aliphatic rings. The molecule has 1 heterocycles. The summed E-state index contributed by atoms with van der Waals surface area (Å²) in [6, 6.07) is 17.3. The van der Waals surface area contributed by atoms with Crippen molar-refractivity contribution in [2.45, 2.75) is 58.7 Å².